The fourth-order valence-corrected chi connectivity index (χ4v) is 4.07. The summed E-state index contributed by atoms with van der Waals surface area (Å²) in [6.45, 7) is 7.88. The van der Waals surface area contributed by atoms with E-state index in [0.717, 1.165) is 19.3 Å². The van der Waals surface area contributed by atoms with Gasteiger partial charge in [0.2, 0.25) is 0 Å². The average Bonchev–Trinajstić information content (AvgIpc) is 2.06. The van der Waals surface area contributed by atoms with E-state index in [-0.39, 0.29) is 21.7 Å². The van der Waals surface area contributed by atoms with E-state index in [1.807, 2.05) is 27.7 Å². The average molecular weight is 274 g/mol. The van der Waals surface area contributed by atoms with Crippen LogP contribution in [0.1, 0.15) is 47.0 Å². The molecule has 3 aliphatic rings. The normalized spacial score (nSPS) is 37.2. The summed E-state index contributed by atoms with van der Waals surface area (Å²) < 4.78 is 14.9. The van der Waals surface area contributed by atoms with Crippen molar-refractivity contribution in [3.63, 3.8) is 0 Å². The summed E-state index contributed by atoms with van der Waals surface area (Å²) in [5.74, 6) is 0. The van der Waals surface area contributed by atoms with Gasteiger partial charge in [-0.2, -0.15) is 0 Å². The summed E-state index contributed by atoms with van der Waals surface area (Å²) in [5, 5.41) is 11.3. The van der Waals surface area contributed by atoms with Crippen LogP contribution in [0.15, 0.2) is 0 Å². The Kier molecular flexibility index (Phi) is 3.11. The van der Waals surface area contributed by atoms with Crippen LogP contribution in [0.4, 0.5) is 4.79 Å². The summed E-state index contributed by atoms with van der Waals surface area (Å²) in [6.07, 6.45) is 1.65. The maximum Gasteiger partial charge on any atom is 0.405 e. The lowest BCUT2D eigenvalue weighted by atomic mass is 9.37. The largest absolute Gasteiger partial charge is 0.598 e. The molecule has 0 heterocycles. The zero-order valence-electron chi connectivity index (χ0n) is 11.4. The topological polar surface area (TPSA) is 84.4 Å². The predicted octanol–water partition coefficient (Wildman–Crippen LogP) is 1.62. The maximum absolute atomic E-state index is 12.0. The minimum Gasteiger partial charge on any atom is -0.598 e. The molecule has 2 unspecified atom stereocenters. The smallest absolute Gasteiger partial charge is 0.405 e. The predicted molar refractivity (Wildman–Crippen MR) is 70.7 cm³/mol. The Morgan fingerprint density at radius 1 is 1.39 bits per heavy atom. The number of hydrogen-bond acceptors (Lipinski definition) is 3. The van der Waals surface area contributed by atoms with Crippen molar-refractivity contribution in [2.75, 3.05) is 0 Å². The van der Waals surface area contributed by atoms with Crippen molar-refractivity contribution in [3.8, 4) is 0 Å². The molecule has 0 aromatic rings. The van der Waals surface area contributed by atoms with E-state index >= 15 is 0 Å². The van der Waals surface area contributed by atoms with E-state index in [1.165, 1.54) is 0 Å². The fraction of sp³-hybridized carbons (Fsp3) is 0.917. The van der Waals surface area contributed by atoms with E-state index < -0.39 is 17.5 Å². The third-order valence-electron chi connectivity index (χ3n) is 4.20. The molecule has 2 atom stereocenters. The van der Waals surface area contributed by atoms with Gasteiger partial charge in [0, 0.05) is 16.9 Å². The Labute approximate surface area is 111 Å². The molecule has 3 fully saturated rings. The van der Waals surface area contributed by atoms with Gasteiger partial charge in [0.15, 0.2) is 0 Å². The standard InChI is InChI=1S/C12H22N2O3S/c1-8(14-18(17)10(2,3)4)11-5-12(6-11,7-11)13-9(15)16/h8,13-14H,5-7H2,1-4H3,(H,15,16). The van der Waals surface area contributed by atoms with Gasteiger partial charge in [0.25, 0.3) is 0 Å². The van der Waals surface area contributed by atoms with Gasteiger partial charge in [-0.05, 0) is 52.4 Å². The number of carboxylic acid groups (broad SMARTS) is 1. The van der Waals surface area contributed by atoms with E-state index in [2.05, 4.69) is 10.0 Å². The zero-order valence-corrected chi connectivity index (χ0v) is 12.2. The van der Waals surface area contributed by atoms with Gasteiger partial charge in [-0.15, -0.1) is 4.72 Å². The van der Waals surface area contributed by atoms with Crippen LogP contribution in [0.5, 0.6) is 0 Å². The molecule has 6 heteroatoms. The van der Waals surface area contributed by atoms with E-state index in [4.69, 9.17) is 5.11 Å². The van der Waals surface area contributed by atoms with Crippen LogP contribution in [-0.4, -0.2) is 32.1 Å². The van der Waals surface area contributed by atoms with Crippen LogP contribution in [-0.2, 0) is 11.4 Å². The Balaban J connectivity index is 1.84. The van der Waals surface area contributed by atoms with Gasteiger partial charge in [-0.3, -0.25) is 0 Å². The van der Waals surface area contributed by atoms with E-state index in [1.54, 1.807) is 0 Å². The first-order valence-electron chi connectivity index (χ1n) is 6.28. The number of amides is 1. The summed E-state index contributed by atoms with van der Waals surface area (Å²) in [5.41, 5.74) is -0.0473. The summed E-state index contributed by atoms with van der Waals surface area (Å²) in [6, 6.07) is 0.162. The molecule has 0 aromatic carbocycles. The minimum absolute atomic E-state index is 0.142. The van der Waals surface area contributed by atoms with E-state index in [9.17, 15) is 9.35 Å². The third kappa shape index (κ3) is 2.21. The zero-order chi connectivity index (χ0) is 13.8. The SMILES string of the molecule is CC(N[S+]([O-])C(C)(C)C)C12CC(NC(=O)O)(C1)C2. The van der Waals surface area contributed by atoms with Crippen LogP contribution >= 0.6 is 0 Å². The van der Waals surface area contributed by atoms with Crippen molar-refractivity contribution >= 4 is 17.5 Å². The number of carbonyl (C=O) groups is 1. The van der Waals surface area contributed by atoms with Crippen molar-refractivity contribution in [3.05, 3.63) is 0 Å². The monoisotopic (exact) mass is 274 g/mol. The maximum atomic E-state index is 12.0. The molecule has 3 N–H and O–H groups in total. The second kappa shape index (κ2) is 4.02. The lowest BCUT2D eigenvalue weighted by Crippen LogP contribution is -2.79. The van der Waals surface area contributed by atoms with Crippen molar-refractivity contribution in [2.24, 2.45) is 5.41 Å². The highest BCUT2D eigenvalue weighted by Crippen LogP contribution is 2.68. The molecule has 2 bridgehead atoms. The molecule has 0 spiro atoms. The second-order valence-electron chi connectivity index (χ2n) is 6.82. The Bertz CT molecular complexity index is 347. The molecule has 0 aromatic heterocycles. The highest BCUT2D eigenvalue weighted by atomic mass is 32.2. The number of hydrogen-bond donors (Lipinski definition) is 3. The number of nitrogens with one attached hydrogen (secondary N) is 2. The highest BCUT2D eigenvalue weighted by Gasteiger charge is 2.71. The Morgan fingerprint density at radius 2 is 1.89 bits per heavy atom. The lowest BCUT2D eigenvalue weighted by Gasteiger charge is -2.72. The van der Waals surface area contributed by atoms with Gasteiger partial charge < -0.3 is 15.0 Å². The molecule has 1 amide bonds. The summed E-state index contributed by atoms with van der Waals surface area (Å²) in [4.78, 5) is 10.6. The third-order valence-corrected chi connectivity index (χ3v) is 5.88. The molecular formula is C12H22N2O3S. The highest BCUT2D eigenvalue weighted by molar-refractivity contribution is 7.90. The Hall–Kier alpha value is -0.460. The molecule has 0 radical (unpaired) electrons. The molecule has 18 heavy (non-hydrogen) atoms. The molecule has 104 valence electrons. The minimum atomic E-state index is -1.07. The first-order chi connectivity index (χ1) is 8.09. The molecule has 3 saturated carbocycles. The van der Waals surface area contributed by atoms with Crippen molar-refractivity contribution in [1.29, 1.82) is 0 Å². The summed E-state index contributed by atoms with van der Waals surface area (Å²) in [7, 11) is 0. The van der Waals surface area contributed by atoms with Crippen LogP contribution < -0.4 is 10.0 Å². The molecule has 3 rings (SSSR count). The quantitative estimate of drug-likeness (QED) is 0.680. The van der Waals surface area contributed by atoms with Crippen LogP contribution in [0, 0.1) is 5.41 Å². The Morgan fingerprint density at radius 3 is 2.28 bits per heavy atom. The molecular weight excluding hydrogens is 252 g/mol. The van der Waals surface area contributed by atoms with Crippen molar-refractivity contribution < 1.29 is 14.5 Å². The molecule has 5 nitrogen and oxygen atoms in total. The van der Waals surface area contributed by atoms with E-state index in [0.29, 0.717) is 0 Å². The van der Waals surface area contributed by atoms with Gasteiger partial charge in [-0.25, -0.2) is 4.79 Å². The van der Waals surface area contributed by atoms with Crippen LogP contribution in [0.2, 0.25) is 0 Å². The second-order valence-corrected chi connectivity index (χ2v) is 8.82. The number of rotatable bonds is 4. The van der Waals surface area contributed by atoms with Gasteiger partial charge in [0.1, 0.15) is 4.75 Å². The molecule has 3 aliphatic carbocycles. The first-order valence-corrected chi connectivity index (χ1v) is 7.43. The van der Waals surface area contributed by atoms with Gasteiger partial charge >= 0.3 is 6.09 Å². The van der Waals surface area contributed by atoms with Crippen LogP contribution in [0.25, 0.3) is 0 Å². The van der Waals surface area contributed by atoms with Gasteiger partial charge in [0.05, 0.1) is 6.04 Å². The molecule has 0 aliphatic heterocycles. The van der Waals surface area contributed by atoms with Crippen molar-refractivity contribution in [2.45, 2.75) is 63.3 Å². The lowest BCUT2D eigenvalue weighted by molar-refractivity contribution is -0.163. The van der Waals surface area contributed by atoms with Crippen molar-refractivity contribution in [1.82, 2.24) is 10.0 Å². The van der Waals surface area contributed by atoms with Crippen LogP contribution in [0.3, 0.4) is 0 Å². The fourth-order valence-electron chi connectivity index (χ4n) is 3.15. The van der Waals surface area contributed by atoms with Gasteiger partial charge in [-0.1, -0.05) is 0 Å². The summed E-state index contributed by atoms with van der Waals surface area (Å²) >= 11 is -1.07. The molecule has 0 saturated heterocycles. The first kappa shape index (κ1) is 14.0.